The van der Waals surface area contributed by atoms with E-state index in [0.29, 0.717) is 0 Å². The molecule has 0 radical (unpaired) electrons. The Hall–Kier alpha value is -1.97. The van der Waals surface area contributed by atoms with Gasteiger partial charge in [0.25, 0.3) is 0 Å². The molecule has 0 unspecified atom stereocenters. The second-order valence-electron chi connectivity index (χ2n) is 3.28. The Morgan fingerprint density at radius 3 is 2.29 bits per heavy atom. The SMILES string of the molecule is CCOC(=O)[C@H]1[C@H](C#N)N=N[C@H]1C(=O)OCC. The van der Waals surface area contributed by atoms with Crippen molar-refractivity contribution in [1.29, 1.82) is 5.26 Å². The summed E-state index contributed by atoms with van der Waals surface area (Å²) < 4.78 is 9.57. The molecule has 92 valence electrons. The molecule has 7 heteroatoms. The van der Waals surface area contributed by atoms with E-state index < -0.39 is 29.9 Å². The molecular weight excluding hydrogens is 226 g/mol. The normalized spacial score (nSPS) is 26.3. The minimum atomic E-state index is -1.07. The Labute approximate surface area is 98.4 Å². The predicted octanol–water partition coefficient (Wildman–Crippen LogP) is 0.455. The van der Waals surface area contributed by atoms with Crippen molar-refractivity contribution in [1.82, 2.24) is 0 Å². The van der Waals surface area contributed by atoms with Crippen LogP contribution in [0, 0.1) is 17.2 Å². The van der Waals surface area contributed by atoms with Gasteiger partial charge in [0.15, 0.2) is 12.1 Å². The van der Waals surface area contributed by atoms with Gasteiger partial charge in [0.2, 0.25) is 0 Å². The molecule has 1 aliphatic rings. The van der Waals surface area contributed by atoms with Crippen LogP contribution < -0.4 is 0 Å². The summed E-state index contributed by atoms with van der Waals surface area (Å²) in [6, 6.07) is -0.242. The van der Waals surface area contributed by atoms with Gasteiger partial charge in [-0.05, 0) is 13.8 Å². The number of rotatable bonds is 4. The van der Waals surface area contributed by atoms with E-state index >= 15 is 0 Å². The molecule has 1 aliphatic heterocycles. The molecule has 0 saturated carbocycles. The van der Waals surface area contributed by atoms with E-state index in [1.54, 1.807) is 13.8 Å². The molecule has 0 spiro atoms. The average molecular weight is 239 g/mol. The smallest absolute Gasteiger partial charge is 0.333 e. The molecule has 0 aromatic carbocycles. The van der Waals surface area contributed by atoms with E-state index in [1.807, 2.05) is 6.07 Å². The molecule has 0 aliphatic carbocycles. The van der Waals surface area contributed by atoms with Crippen LogP contribution in [0.25, 0.3) is 0 Å². The van der Waals surface area contributed by atoms with Gasteiger partial charge >= 0.3 is 11.9 Å². The minimum Gasteiger partial charge on any atom is -0.466 e. The third-order valence-corrected chi connectivity index (χ3v) is 2.21. The number of ether oxygens (including phenoxy) is 2. The van der Waals surface area contributed by atoms with E-state index in [2.05, 4.69) is 10.2 Å². The average Bonchev–Trinajstić information content (AvgIpc) is 2.73. The number of carbonyl (C=O) groups is 2. The number of azo groups is 1. The molecule has 17 heavy (non-hydrogen) atoms. The van der Waals surface area contributed by atoms with E-state index in [9.17, 15) is 9.59 Å². The topological polar surface area (TPSA) is 101 Å². The monoisotopic (exact) mass is 239 g/mol. The summed E-state index contributed by atoms with van der Waals surface area (Å²) in [5, 5.41) is 16.0. The van der Waals surface area contributed by atoms with Crippen LogP contribution in [0.15, 0.2) is 10.2 Å². The van der Waals surface area contributed by atoms with E-state index in [4.69, 9.17) is 14.7 Å². The number of hydrogen-bond acceptors (Lipinski definition) is 7. The summed E-state index contributed by atoms with van der Waals surface area (Å²) >= 11 is 0. The Morgan fingerprint density at radius 2 is 1.76 bits per heavy atom. The van der Waals surface area contributed by atoms with E-state index in [-0.39, 0.29) is 13.2 Å². The molecule has 0 N–H and O–H groups in total. The third-order valence-electron chi connectivity index (χ3n) is 2.21. The van der Waals surface area contributed by atoms with E-state index in [0.717, 1.165) is 0 Å². The quantitative estimate of drug-likeness (QED) is 0.663. The number of nitriles is 1. The molecule has 0 fully saturated rings. The van der Waals surface area contributed by atoms with Crippen LogP contribution >= 0.6 is 0 Å². The molecule has 0 aromatic heterocycles. The van der Waals surface area contributed by atoms with Crippen LogP contribution in [-0.4, -0.2) is 37.2 Å². The maximum absolute atomic E-state index is 11.6. The number of nitrogens with zero attached hydrogens (tertiary/aromatic N) is 3. The lowest BCUT2D eigenvalue weighted by atomic mass is 9.95. The summed E-state index contributed by atoms with van der Waals surface area (Å²) in [5.74, 6) is -2.31. The highest BCUT2D eigenvalue weighted by atomic mass is 16.5. The second kappa shape index (κ2) is 5.94. The molecule has 1 rings (SSSR count). The van der Waals surface area contributed by atoms with Crippen molar-refractivity contribution in [3.63, 3.8) is 0 Å². The van der Waals surface area contributed by atoms with Gasteiger partial charge in [0.05, 0.1) is 19.3 Å². The standard InChI is InChI=1S/C10H13N3O4/c1-3-16-9(14)7-6(5-11)12-13-8(7)10(15)17-4-2/h6-8H,3-4H2,1-2H3/t6-,7-,8+/m0/s1. The molecule has 0 saturated heterocycles. The number of carbonyl (C=O) groups excluding carboxylic acids is 2. The van der Waals surface area contributed by atoms with Crippen molar-refractivity contribution in [2.75, 3.05) is 13.2 Å². The fraction of sp³-hybridized carbons (Fsp3) is 0.700. The Morgan fingerprint density at radius 1 is 1.18 bits per heavy atom. The lowest BCUT2D eigenvalue weighted by Crippen LogP contribution is -2.38. The van der Waals surface area contributed by atoms with Crippen LogP contribution in [0.3, 0.4) is 0 Å². The first-order valence-electron chi connectivity index (χ1n) is 5.28. The van der Waals surface area contributed by atoms with Gasteiger partial charge in [-0.15, -0.1) is 0 Å². The maximum Gasteiger partial charge on any atom is 0.333 e. The molecule has 1 heterocycles. The molecule has 0 aromatic rings. The van der Waals surface area contributed by atoms with Crippen LogP contribution in [0.4, 0.5) is 0 Å². The van der Waals surface area contributed by atoms with Gasteiger partial charge < -0.3 is 9.47 Å². The highest BCUT2D eigenvalue weighted by molar-refractivity contribution is 5.86. The zero-order chi connectivity index (χ0) is 12.8. The molecule has 7 nitrogen and oxygen atoms in total. The van der Waals surface area contributed by atoms with Crippen molar-refractivity contribution in [3.8, 4) is 6.07 Å². The van der Waals surface area contributed by atoms with Gasteiger partial charge in [-0.1, -0.05) is 0 Å². The van der Waals surface area contributed by atoms with Gasteiger partial charge in [0.1, 0.15) is 5.92 Å². The Bertz CT molecular complexity index is 374. The first kappa shape index (κ1) is 13.1. The predicted molar refractivity (Wildman–Crippen MR) is 54.8 cm³/mol. The van der Waals surface area contributed by atoms with Gasteiger partial charge in [-0.3, -0.25) is 4.79 Å². The summed E-state index contributed by atoms with van der Waals surface area (Å²) in [5.41, 5.74) is 0. The fourth-order valence-corrected chi connectivity index (χ4v) is 1.48. The molecular formula is C10H13N3O4. The number of esters is 2. The minimum absolute atomic E-state index is 0.170. The third kappa shape index (κ3) is 2.78. The van der Waals surface area contributed by atoms with Crippen LogP contribution in [0.1, 0.15) is 13.8 Å². The number of hydrogen-bond donors (Lipinski definition) is 0. The summed E-state index contributed by atoms with van der Waals surface area (Å²) in [6.45, 7) is 3.63. The lowest BCUT2D eigenvalue weighted by molar-refractivity contribution is -0.155. The van der Waals surface area contributed by atoms with Gasteiger partial charge in [0, 0.05) is 0 Å². The first-order chi connectivity index (χ1) is 8.15. The fourth-order valence-electron chi connectivity index (χ4n) is 1.48. The second-order valence-corrected chi connectivity index (χ2v) is 3.28. The van der Waals surface area contributed by atoms with Crippen molar-refractivity contribution in [3.05, 3.63) is 0 Å². The summed E-state index contributed by atoms with van der Waals surface area (Å²) in [7, 11) is 0. The zero-order valence-corrected chi connectivity index (χ0v) is 9.62. The van der Waals surface area contributed by atoms with Gasteiger partial charge in [-0.2, -0.15) is 15.5 Å². The van der Waals surface area contributed by atoms with Crippen LogP contribution in [0.2, 0.25) is 0 Å². The van der Waals surface area contributed by atoms with Gasteiger partial charge in [-0.25, -0.2) is 4.79 Å². The molecule has 0 amide bonds. The Kier molecular flexibility index (Phi) is 4.57. The highest BCUT2D eigenvalue weighted by Gasteiger charge is 2.46. The van der Waals surface area contributed by atoms with Crippen molar-refractivity contribution in [2.45, 2.75) is 25.9 Å². The maximum atomic E-state index is 11.6. The zero-order valence-electron chi connectivity index (χ0n) is 9.62. The largest absolute Gasteiger partial charge is 0.466 e. The highest BCUT2D eigenvalue weighted by Crippen LogP contribution is 2.25. The summed E-state index contributed by atoms with van der Waals surface area (Å²) in [6.07, 6.45) is 0. The molecule has 3 atom stereocenters. The lowest BCUT2D eigenvalue weighted by Gasteiger charge is -2.15. The van der Waals surface area contributed by atoms with E-state index in [1.165, 1.54) is 0 Å². The van der Waals surface area contributed by atoms with Crippen LogP contribution in [0.5, 0.6) is 0 Å². The molecule has 0 bridgehead atoms. The summed E-state index contributed by atoms with van der Waals surface area (Å²) in [4.78, 5) is 23.2. The van der Waals surface area contributed by atoms with Crippen molar-refractivity contribution in [2.24, 2.45) is 16.1 Å². The van der Waals surface area contributed by atoms with Crippen LogP contribution in [-0.2, 0) is 19.1 Å². The van der Waals surface area contributed by atoms with Crippen molar-refractivity contribution >= 4 is 11.9 Å². The Balaban J connectivity index is 2.83. The van der Waals surface area contributed by atoms with Crippen molar-refractivity contribution < 1.29 is 19.1 Å². The first-order valence-corrected chi connectivity index (χ1v) is 5.28.